The van der Waals surface area contributed by atoms with Gasteiger partial charge in [-0.05, 0) is 221 Å². The number of cyclic esters (lactones) is 3. The Morgan fingerprint density at radius 1 is 0.500 bits per heavy atom. The Balaban J connectivity index is 0.000000188. The molecule has 98 heavy (non-hydrogen) atoms. The van der Waals surface area contributed by atoms with Crippen LogP contribution in [0, 0.1) is 42.4 Å². The molecule has 0 amide bonds. The van der Waals surface area contributed by atoms with Crippen LogP contribution in [0.1, 0.15) is 159 Å². The van der Waals surface area contributed by atoms with Crippen LogP contribution >= 0.6 is 0 Å². The Bertz CT molecular complexity index is 3170. The predicted molar refractivity (Wildman–Crippen MR) is 363 cm³/mol. The topological polar surface area (TPSA) is 288 Å². The first kappa shape index (κ1) is 75.6. The summed E-state index contributed by atoms with van der Waals surface area (Å²) in [5, 5.41) is 32.0. The molecule has 10 rings (SSSR count). The number of carbonyl (C=O) groups is 6. The average Bonchev–Trinajstić information content (AvgIpc) is 1.69. The number of rotatable bonds is 11. The summed E-state index contributed by atoms with van der Waals surface area (Å²) in [4.78, 5) is 87.5. The Morgan fingerprint density at radius 3 is 1.33 bits per heavy atom. The number of aryl methyl sites for hydroxylation is 1. The molecule has 0 radical (unpaired) electrons. The molecule has 22 heteroatoms. The van der Waals surface area contributed by atoms with E-state index in [0.717, 1.165) is 99.1 Å². The lowest BCUT2D eigenvalue weighted by Crippen LogP contribution is -2.30. The van der Waals surface area contributed by atoms with Gasteiger partial charge in [0.15, 0.2) is 0 Å². The van der Waals surface area contributed by atoms with E-state index in [0.29, 0.717) is 44.9 Å². The Kier molecular flexibility index (Phi) is 30.8. The number of carbonyl (C=O) groups excluding carboxylic acids is 6. The van der Waals surface area contributed by atoms with Crippen molar-refractivity contribution in [3.05, 3.63) is 156 Å². The molecule has 7 aliphatic rings. The minimum absolute atomic E-state index is 0.0446. The van der Waals surface area contributed by atoms with E-state index in [-0.39, 0.29) is 92.0 Å². The van der Waals surface area contributed by atoms with Crippen LogP contribution in [-0.4, -0.2) is 141 Å². The van der Waals surface area contributed by atoms with E-state index in [4.69, 9.17) is 42.6 Å². The van der Waals surface area contributed by atoms with Gasteiger partial charge < -0.3 is 62.9 Å². The van der Waals surface area contributed by atoms with E-state index in [1.165, 1.54) is 55.7 Å². The first-order chi connectivity index (χ1) is 47.4. The van der Waals surface area contributed by atoms with Gasteiger partial charge in [-0.3, -0.25) is 9.97 Å². The zero-order chi connectivity index (χ0) is 69.6. The molecule has 15 atom stereocenters. The highest BCUT2D eigenvalue weighted by Crippen LogP contribution is 2.41. The highest BCUT2D eigenvalue weighted by Gasteiger charge is 2.41. The smallest absolute Gasteiger partial charge is 0.460 e. The first-order valence-electron chi connectivity index (χ1n) is 35.1. The lowest BCUT2D eigenvalue weighted by atomic mass is 9.90. The van der Waals surface area contributed by atoms with Gasteiger partial charge >= 0.3 is 36.4 Å². The maximum atomic E-state index is 12.4. The third-order valence-electron chi connectivity index (χ3n) is 18.8. The molecule has 3 aliphatic carbocycles. The van der Waals surface area contributed by atoms with Gasteiger partial charge in [-0.1, -0.05) is 54.7 Å². The van der Waals surface area contributed by atoms with Crippen LogP contribution in [0.2, 0.25) is 0 Å². The number of aliphatic hydroxyl groups is 3. The number of aromatic nitrogens is 3. The number of anilines is 1. The number of aliphatic hydroxyl groups excluding tert-OH is 3. The van der Waals surface area contributed by atoms with E-state index < -0.39 is 54.7 Å². The lowest BCUT2D eigenvalue weighted by Gasteiger charge is -2.27. The van der Waals surface area contributed by atoms with Gasteiger partial charge in [-0.2, -0.15) is 0 Å². The average molecular weight is 1360 g/mol. The quantitative estimate of drug-likeness (QED) is 0.0913. The number of nitrogens with zero attached hydrogens (tertiary/aromatic N) is 4. The summed E-state index contributed by atoms with van der Waals surface area (Å²) in [7, 11) is 0. The Hall–Kier alpha value is -8.21. The number of ether oxygens (including phenoxy) is 9. The first-order valence-corrected chi connectivity index (χ1v) is 35.1. The van der Waals surface area contributed by atoms with Crippen molar-refractivity contribution in [2.75, 3.05) is 24.6 Å². The third-order valence-corrected chi connectivity index (χ3v) is 18.8. The van der Waals surface area contributed by atoms with Gasteiger partial charge in [0.25, 0.3) is 0 Å². The van der Waals surface area contributed by atoms with Crippen molar-refractivity contribution in [1.82, 2.24) is 15.0 Å². The van der Waals surface area contributed by atoms with Crippen molar-refractivity contribution >= 4 is 42.2 Å². The number of fused-ring (bicyclic) bond motifs is 3. The maximum absolute atomic E-state index is 12.4. The van der Waals surface area contributed by atoms with Gasteiger partial charge in [0.1, 0.15) is 37.3 Å². The highest BCUT2D eigenvalue weighted by molar-refractivity contribution is 5.83. The number of piperidine rings is 1. The molecule has 0 aromatic carbocycles. The standard InChI is InChI=1S/C28H38N2O6.2C24H31NO6/c1-20-8-4-2-5-9-22-16-23(17-24(22)25(31)11-13-27(32)35-20)36-28(33)34-19-21-10-12-26(29-18-21)30-14-6-3-7-15-30;1-16-8-9-18(14-25-16)15-29-24(28)31-20-12-19-7-5-3-4-6-17(2)30-23(27)11-10-22(26)21(19)13-20;1-17-6-3-2-4-8-19-14-20(15-21(19)22(26)9-10-23(27)30-17)31-24(28)29-13-11-18-7-5-12-25-16-18/h5,9-13,18,20,22-25,31H,2-4,6-8,14-17,19H2,1H3;5,7-11,14,17,19-22,26H,3-4,6,12-13,15H2,1-2H3;4-5,7-10,12,16-17,19-22,26H,2-3,6,11,13-15H2,1H3/b9-5+,13-11+;7-5+,11-10+;8-4+,10-9+/t20-,22+,23-,24+,25+;2*17-,19+,20-,21+,22+/m000/s1. The summed E-state index contributed by atoms with van der Waals surface area (Å²) >= 11 is 0. The molecular weight excluding hydrogens is 1260 g/mol. The second kappa shape index (κ2) is 40.0. The number of pyridine rings is 3. The number of hydrogen-bond acceptors (Lipinski definition) is 22. The summed E-state index contributed by atoms with van der Waals surface area (Å²) in [5.41, 5.74) is 3.47. The molecule has 0 unspecified atom stereocenters. The fourth-order valence-electron chi connectivity index (χ4n) is 13.5. The molecule has 7 heterocycles. The second-order valence-corrected chi connectivity index (χ2v) is 26.7. The number of esters is 3. The molecule has 3 saturated carbocycles. The number of allylic oxidation sites excluding steroid dienone is 6. The van der Waals surface area contributed by atoms with Crippen LogP contribution in [0.15, 0.2) is 134 Å². The monoisotopic (exact) mass is 1360 g/mol. The van der Waals surface area contributed by atoms with Crippen molar-refractivity contribution in [3.63, 3.8) is 0 Å². The molecule has 0 bridgehead atoms. The van der Waals surface area contributed by atoms with E-state index >= 15 is 0 Å². The van der Waals surface area contributed by atoms with E-state index in [1.807, 2.05) is 64.1 Å². The summed E-state index contributed by atoms with van der Waals surface area (Å²) in [6, 6.07) is 11.4. The van der Waals surface area contributed by atoms with Crippen LogP contribution in [0.3, 0.4) is 0 Å². The summed E-state index contributed by atoms with van der Waals surface area (Å²) in [5.74, 6) is -0.694. The zero-order valence-corrected chi connectivity index (χ0v) is 57.1. The van der Waals surface area contributed by atoms with Crippen molar-refractivity contribution in [1.29, 1.82) is 0 Å². The predicted octanol–water partition coefficient (Wildman–Crippen LogP) is 12.5. The van der Waals surface area contributed by atoms with Gasteiger partial charge in [-0.25, -0.2) is 33.8 Å². The van der Waals surface area contributed by atoms with Crippen molar-refractivity contribution < 1.29 is 86.7 Å². The van der Waals surface area contributed by atoms with Crippen LogP contribution in [0.5, 0.6) is 0 Å². The largest absolute Gasteiger partial charge is 0.508 e. The number of hydrogen-bond donors (Lipinski definition) is 3. The molecule has 22 nitrogen and oxygen atoms in total. The van der Waals surface area contributed by atoms with Crippen LogP contribution < -0.4 is 4.90 Å². The third kappa shape index (κ3) is 26.2. The highest BCUT2D eigenvalue weighted by atomic mass is 16.7. The molecule has 4 aliphatic heterocycles. The normalized spacial score (nSPS) is 31.2. The molecule has 3 aromatic rings. The molecule has 1 saturated heterocycles. The fourth-order valence-corrected chi connectivity index (χ4v) is 13.5. The summed E-state index contributed by atoms with van der Waals surface area (Å²) in [6.45, 7) is 9.98. The zero-order valence-electron chi connectivity index (χ0n) is 57.1. The SMILES string of the molecule is C[C@H]1CCC/C=C/[C@@H]2C[C@H](OC(=O)OCCc3cccnc3)C[C@H]2[C@H](O)/C=C/C(=O)O1.C[C@H]1CCC/C=C/[C@@H]2C[C@H](OC(=O)OCc3ccc(N4CCCCC4)nc3)C[C@H]2[C@H](O)/C=C/C(=O)O1.Cc1ccc(COC(=O)O[C@@H]2C[C@H]3[C@H](O)/C=C/C(=O)O[C@@H](C)CCC/C=C/[C@@H]3C2)cn1. The van der Waals surface area contributed by atoms with Crippen LogP contribution in [-0.2, 0) is 76.6 Å². The van der Waals surface area contributed by atoms with Crippen molar-refractivity contribution in [3.8, 4) is 0 Å². The molecule has 532 valence electrons. The van der Waals surface area contributed by atoms with Gasteiger partial charge in [0.2, 0.25) is 0 Å². The molecular formula is C76H100N4O18. The Morgan fingerprint density at radius 2 is 0.929 bits per heavy atom. The molecule has 0 spiro atoms. The lowest BCUT2D eigenvalue weighted by molar-refractivity contribution is -0.143. The van der Waals surface area contributed by atoms with Gasteiger partial charge in [0, 0.05) is 79.3 Å². The minimum Gasteiger partial charge on any atom is -0.460 e. The van der Waals surface area contributed by atoms with Crippen LogP contribution in [0.4, 0.5) is 20.2 Å². The summed E-state index contributed by atoms with van der Waals surface area (Å²) in [6.07, 6.45) is 36.9. The van der Waals surface area contributed by atoms with E-state index in [9.17, 15) is 44.1 Å². The fraction of sp³-hybridized carbons (Fsp3) is 0.566. The van der Waals surface area contributed by atoms with Gasteiger partial charge in [0.05, 0.1) is 43.2 Å². The Labute approximate surface area is 575 Å². The van der Waals surface area contributed by atoms with E-state index in [1.54, 1.807) is 24.8 Å². The van der Waals surface area contributed by atoms with Crippen LogP contribution in [0.25, 0.3) is 0 Å². The summed E-state index contributed by atoms with van der Waals surface area (Å²) < 4.78 is 48.3. The maximum Gasteiger partial charge on any atom is 0.508 e. The van der Waals surface area contributed by atoms with E-state index in [2.05, 4.69) is 56.3 Å². The van der Waals surface area contributed by atoms with Gasteiger partial charge in [-0.15, -0.1) is 0 Å². The van der Waals surface area contributed by atoms with Crippen molar-refractivity contribution in [2.24, 2.45) is 35.5 Å². The molecule has 3 N–H and O–H groups in total. The molecule has 4 fully saturated rings. The molecule has 3 aromatic heterocycles. The minimum atomic E-state index is -0.836. The second-order valence-electron chi connectivity index (χ2n) is 26.7. The van der Waals surface area contributed by atoms with Crippen molar-refractivity contribution in [2.45, 2.75) is 218 Å².